The van der Waals surface area contributed by atoms with E-state index in [1.165, 1.54) is 4.90 Å². The molecule has 0 aromatic heterocycles. The lowest BCUT2D eigenvalue weighted by molar-refractivity contribution is -0.146. The van der Waals surface area contributed by atoms with Gasteiger partial charge in [-0.3, -0.25) is 9.69 Å². The standard InChI is InChI=1S/C7H7NO3S.HI/c9-5-3-6-8(5)4(7(10)11)1-2-12-6;/h1,6H,2-3H2,(H,10,11);1H. The van der Waals surface area contributed by atoms with Crippen molar-refractivity contribution in [3.05, 3.63) is 11.8 Å². The van der Waals surface area contributed by atoms with E-state index < -0.39 is 5.97 Å². The zero-order valence-electron chi connectivity index (χ0n) is 6.60. The fourth-order valence-corrected chi connectivity index (χ4v) is 2.45. The summed E-state index contributed by atoms with van der Waals surface area (Å²) in [6.07, 6.45) is 2.07. The fourth-order valence-electron chi connectivity index (χ4n) is 1.34. The van der Waals surface area contributed by atoms with Crippen LogP contribution in [0.25, 0.3) is 0 Å². The predicted molar refractivity (Wildman–Crippen MR) is 58.8 cm³/mol. The Labute approximate surface area is 96.4 Å². The average Bonchev–Trinajstić information content (AvgIpc) is 2.01. The molecule has 0 aromatic carbocycles. The molecule has 2 aliphatic heterocycles. The molecule has 1 fully saturated rings. The molecule has 0 spiro atoms. The van der Waals surface area contributed by atoms with Crippen molar-refractivity contribution in [2.45, 2.75) is 11.8 Å². The second-order valence-corrected chi connectivity index (χ2v) is 3.86. The summed E-state index contributed by atoms with van der Waals surface area (Å²) >= 11 is 1.60. The van der Waals surface area contributed by atoms with Crippen molar-refractivity contribution in [3.8, 4) is 0 Å². The Hall–Kier alpha value is -0.240. The number of thioether (sulfide) groups is 1. The highest BCUT2D eigenvalue weighted by atomic mass is 127. The summed E-state index contributed by atoms with van der Waals surface area (Å²) in [5.41, 5.74) is 0.148. The minimum Gasteiger partial charge on any atom is -0.477 e. The van der Waals surface area contributed by atoms with Crippen molar-refractivity contribution in [3.63, 3.8) is 0 Å². The number of nitrogens with zero attached hydrogens (tertiary/aromatic N) is 1. The SMILES string of the molecule is I.O=C(O)C1=CCSC2CC(=O)N12. The van der Waals surface area contributed by atoms with Gasteiger partial charge in [0.25, 0.3) is 0 Å². The summed E-state index contributed by atoms with van der Waals surface area (Å²) in [5, 5.41) is 8.78. The maximum Gasteiger partial charge on any atom is 0.352 e. The molecule has 1 unspecified atom stereocenters. The van der Waals surface area contributed by atoms with Crippen LogP contribution in [-0.4, -0.2) is 33.0 Å². The number of aliphatic carboxylic acids is 1. The van der Waals surface area contributed by atoms with Crippen molar-refractivity contribution < 1.29 is 14.7 Å². The van der Waals surface area contributed by atoms with Gasteiger partial charge in [-0.2, -0.15) is 0 Å². The molecule has 13 heavy (non-hydrogen) atoms. The lowest BCUT2D eigenvalue weighted by atomic mass is 10.1. The highest BCUT2D eigenvalue weighted by Crippen LogP contribution is 2.36. The van der Waals surface area contributed by atoms with Crippen LogP contribution in [0.1, 0.15) is 6.42 Å². The molecule has 6 heteroatoms. The van der Waals surface area contributed by atoms with Crippen LogP contribution in [0.15, 0.2) is 11.8 Å². The summed E-state index contributed by atoms with van der Waals surface area (Å²) in [6, 6.07) is 0. The number of rotatable bonds is 1. The van der Waals surface area contributed by atoms with Gasteiger partial charge >= 0.3 is 5.97 Å². The third-order valence-electron chi connectivity index (χ3n) is 1.95. The lowest BCUT2D eigenvalue weighted by Crippen LogP contribution is -2.52. The van der Waals surface area contributed by atoms with Crippen molar-refractivity contribution >= 4 is 47.6 Å². The van der Waals surface area contributed by atoms with Crippen molar-refractivity contribution in [2.75, 3.05) is 5.75 Å². The molecule has 1 N–H and O–H groups in total. The summed E-state index contributed by atoms with van der Waals surface area (Å²) in [6.45, 7) is 0. The van der Waals surface area contributed by atoms with Crippen molar-refractivity contribution in [1.82, 2.24) is 4.90 Å². The number of hydrogen-bond donors (Lipinski definition) is 1. The van der Waals surface area contributed by atoms with E-state index in [0.717, 1.165) is 0 Å². The molecule has 2 heterocycles. The molecule has 2 rings (SSSR count). The number of carboxylic acid groups (broad SMARTS) is 1. The number of carbonyl (C=O) groups is 2. The molecule has 72 valence electrons. The lowest BCUT2D eigenvalue weighted by Gasteiger charge is -2.42. The zero-order chi connectivity index (χ0) is 8.72. The largest absolute Gasteiger partial charge is 0.477 e. The predicted octanol–water partition coefficient (Wildman–Crippen LogP) is 0.878. The minimum atomic E-state index is -1.01. The van der Waals surface area contributed by atoms with Gasteiger partial charge in [-0.05, 0) is 6.08 Å². The molecule has 0 bridgehead atoms. The molecule has 2 aliphatic rings. The van der Waals surface area contributed by atoms with E-state index in [0.29, 0.717) is 12.2 Å². The summed E-state index contributed by atoms with van der Waals surface area (Å²) in [4.78, 5) is 23.0. The van der Waals surface area contributed by atoms with Gasteiger partial charge in [0.2, 0.25) is 5.91 Å². The molecule has 0 aliphatic carbocycles. The molecule has 4 nitrogen and oxygen atoms in total. The van der Waals surface area contributed by atoms with Gasteiger partial charge in [0.15, 0.2) is 0 Å². The number of halogens is 1. The van der Waals surface area contributed by atoms with Gasteiger partial charge in [-0.25, -0.2) is 4.79 Å². The maximum absolute atomic E-state index is 11.0. The minimum absolute atomic E-state index is 0. The number of fused-ring (bicyclic) bond motifs is 1. The highest BCUT2D eigenvalue weighted by molar-refractivity contribution is 14.0. The maximum atomic E-state index is 11.0. The number of amides is 1. The summed E-state index contributed by atoms with van der Waals surface area (Å²) < 4.78 is 0. The Bertz CT molecular complexity index is 291. The van der Waals surface area contributed by atoms with Gasteiger partial charge in [-0.15, -0.1) is 35.7 Å². The zero-order valence-corrected chi connectivity index (χ0v) is 9.74. The Morgan fingerprint density at radius 2 is 2.38 bits per heavy atom. The van der Waals surface area contributed by atoms with Crippen LogP contribution in [0, 0.1) is 0 Å². The van der Waals surface area contributed by atoms with Crippen LogP contribution in [-0.2, 0) is 9.59 Å². The van der Waals surface area contributed by atoms with Gasteiger partial charge in [0, 0.05) is 5.75 Å². The first kappa shape index (κ1) is 10.8. The first-order valence-corrected chi connectivity index (χ1v) is 4.62. The van der Waals surface area contributed by atoms with E-state index in [2.05, 4.69) is 0 Å². The van der Waals surface area contributed by atoms with Crippen molar-refractivity contribution in [2.24, 2.45) is 0 Å². The molecule has 1 amide bonds. The number of carboxylic acids is 1. The van der Waals surface area contributed by atoms with Crippen LogP contribution in [0.4, 0.5) is 0 Å². The van der Waals surface area contributed by atoms with Gasteiger partial charge in [0.05, 0.1) is 11.8 Å². The number of β-lactam (4-membered cyclic amide) rings is 1. The average molecular weight is 313 g/mol. The summed E-state index contributed by atoms with van der Waals surface area (Å²) in [5.74, 6) is -0.398. The van der Waals surface area contributed by atoms with Gasteiger partial charge in [-0.1, -0.05) is 0 Å². The van der Waals surface area contributed by atoms with E-state index in [9.17, 15) is 9.59 Å². The molecular weight excluding hydrogens is 305 g/mol. The van der Waals surface area contributed by atoms with E-state index >= 15 is 0 Å². The first-order chi connectivity index (χ1) is 5.70. The Kier molecular flexibility index (Phi) is 3.23. The van der Waals surface area contributed by atoms with Gasteiger partial charge < -0.3 is 5.11 Å². The Balaban J connectivity index is 0.000000845. The number of carbonyl (C=O) groups excluding carboxylic acids is 1. The molecular formula is C7H8INO3S. The van der Waals surface area contributed by atoms with Crippen LogP contribution >= 0.6 is 35.7 Å². The smallest absolute Gasteiger partial charge is 0.352 e. The van der Waals surface area contributed by atoms with Crippen LogP contribution in [0.5, 0.6) is 0 Å². The third kappa shape index (κ3) is 1.69. The van der Waals surface area contributed by atoms with Gasteiger partial charge in [0.1, 0.15) is 5.70 Å². The van der Waals surface area contributed by atoms with Crippen LogP contribution < -0.4 is 0 Å². The Morgan fingerprint density at radius 1 is 1.69 bits per heavy atom. The molecule has 1 saturated heterocycles. The van der Waals surface area contributed by atoms with Crippen molar-refractivity contribution in [1.29, 1.82) is 0 Å². The second kappa shape index (κ2) is 3.87. The third-order valence-corrected chi connectivity index (χ3v) is 3.07. The molecule has 0 saturated carbocycles. The van der Waals surface area contributed by atoms with Crippen LogP contribution in [0.2, 0.25) is 0 Å². The molecule has 0 radical (unpaired) electrons. The van der Waals surface area contributed by atoms with E-state index in [1.54, 1.807) is 17.8 Å². The monoisotopic (exact) mass is 313 g/mol. The summed E-state index contributed by atoms with van der Waals surface area (Å²) in [7, 11) is 0. The first-order valence-electron chi connectivity index (χ1n) is 3.57. The quantitative estimate of drug-likeness (QED) is 0.577. The topological polar surface area (TPSA) is 57.6 Å². The number of hydrogen-bond acceptors (Lipinski definition) is 3. The second-order valence-electron chi connectivity index (χ2n) is 2.65. The molecule has 1 atom stereocenters. The van der Waals surface area contributed by atoms with E-state index in [1.807, 2.05) is 0 Å². The van der Waals surface area contributed by atoms with E-state index in [4.69, 9.17) is 5.11 Å². The molecule has 0 aromatic rings. The fraction of sp³-hybridized carbons (Fsp3) is 0.429. The highest BCUT2D eigenvalue weighted by Gasteiger charge is 2.42. The Morgan fingerprint density at radius 3 is 2.85 bits per heavy atom. The van der Waals surface area contributed by atoms with E-state index in [-0.39, 0.29) is 41.0 Å². The van der Waals surface area contributed by atoms with Crippen LogP contribution in [0.3, 0.4) is 0 Å². The normalized spacial score (nSPS) is 25.2.